The molecule has 0 bridgehead atoms. The minimum atomic E-state index is -1.11. The molecule has 2 aliphatic heterocycles. The molecule has 8 nitrogen and oxygen atoms in total. The lowest BCUT2D eigenvalue weighted by Gasteiger charge is -2.22. The largest absolute Gasteiger partial charge is 0.454 e. The maximum Gasteiger partial charge on any atom is 0.325 e. The van der Waals surface area contributed by atoms with Crippen LogP contribution < -0.4 is 20.1 Å². The normalized spacial score (nSPS) is 21.3. The minimum Gasteiger partial charge on any atom is -0.454 e. The predicted octanol–water partition coefficient (Wildman–Crippen LogP) is 2.35. The molecule has 3 rings (SSSR count). The summed E-state index contributed by atoms with van der Waals surface area (Å²) in [5, 5.41) is 5.60. The number of hydrogen-bond donors (Lipinski definition) is 2. The first kappa shape index (κ1) is 21.0. The van der Waals surface area contributed by atoms with Crippen molar-refractivity contribution in [3.8, 4) is 11.5 Å². The lowest BCUT2D eigenvalue weighted by molar-refractivity contribution is -0.134. The summed E-state index contributed by atoms with van der Waals surface area (Å²) in [6, 6.07) is 4.89. The van der Waals surface area contributed by atoms with Crippen molar-refractivity contribution in [2.24, 2.45) is 0 Å². The summed E-state index contributed by atoms with van der Waals surface area (Å²) in [4.78, 5) is 38.6. The first-order chi connectivity index (χ1) is 13.8. The second kappa shape index (κ2) is 8.71. The Morgan fingerprint density at radius 3 is 2.79 bits per heavy atom. The van der Waals surface area contributed by atoms with Crippen molar-refractivity contribution in [1.82, 2.24) is 15.5 Å². The van der Waals surface area contributed by atoms with Gasteiger partial charge < -0.3 is 20.1 Å². The predicted molar refractivity (Wildman–Crippen MR) is 107 cm³/mol. The fourth-order valence-corrected chi connectivity index (χ4v) is 3.71. The van der Waals surface area contributed by atoms with E-state index in [0.717, 1.165) is 36.1 Å². The van der Waals surface area contributed by atoms with E-state index in [2.05, 4.69) is 17.6 Å². The van der Waals surface area contributed by atoms with Crippen molar-refractivity contribution in [2.75, 3.05) is 13.3 Å². The van der Waals surface area contributed by atoms with E-state index < -0.39 is 17.5 Å². The number of benzene rings is 1. The topological polar surface area (TPSA) is 97.0 Å². The number of hydrogen-bond acceptors (Lipinski definition) is 5. The highest BCUT2D eigenvalue weighted by Gasteiger charge is 2.48. The summed E-state index contributed by atoms with van der Waals surface area (Å²) in [7, 11) is 0. The molecule has 8 heteroatoms. The molecular weight excluding hydrogens is 374 g/mol. The monoisotopic (exact) mass is 403 g/mol. The zero-order valence-corrected chi connectivity index (χ0v) is 17.2. The molecule has 0 radical (unpaired) electrons. The quantitative estimate of drug-likeness (QED) is 0.487. The number of fused-ring (bicyclic) bond motifs is 1. The summed E-state index contributed by atoms with van der Waals surface area (Å²) >= 11 is 0. The number of imide groups is 1. The Labute approximate surface area is 170 Å². The third kappa shape index (κ3) is 4.81. The second-order valence-electron chi connectivity index (χ2n) is 7.98. The summed E-state index contributed by atoms with van der Waals surface area (Å²) in [6.45, 7) is 5.62. The van der Waals surface area contributed by atoms with E-state index in [0.29, 0.717) is 17.9 Å². The molecule has 2 aliphatic rings. The van der Waals surface area contributed by atoms with Gasteiger partial charge in [-0.2, -0.15) is 0 Å². The molecule has 0 saturated carbocycles. The standard InChI is InChI=1S/C21H29N3O5/c1-4-5-6-7-14(2)22-18(25)12-24-19(26)21(3,23-20(24)27)11-15-8-9-16-17(10-15)29-13-28-16/h8-10,14H,4-7,11-13H2,1-3H3,(H,22,25)(H,23,27)/t14-,21-/m0/s1. The highest BCUT2D eigenvalue weighted by atomic mass is 16.7. The number of ether oxygens (including phenoxy) is 2. The number of rotatable bonds is 9. The number of nitrogens with zero attached hydrogens (tertiary/aromatic N) is 1. The van der Waals surface area contributed by atoms with Crippen molar-refractivity contribution in [2.45, 2.75) is 64.5 Å². The van der Waals surface area contributed by atoms with Gasteiger partial charge in [0.15, 0.2) is 11.5 Å². The van der Waals surface area contributed by atoms with Crippen molar-refractivity contribution in [3.63, 3.8) is 0 Å². The molecule has 0 spiro atoms. The van der Waals surface area contributed by atoms with E-state index in [4.69, 9.17) is 9.47 Å². The number of amides is 4. The van der Waals surface area contributed by atoms with Crippen LogP contribution >= 0.6 is 0 Å². The van der Waals surface area contributed by atoms with E-state index in [1.807, 2.05) is 13.0 Å². The Bertz CT molecular complexity index is 797. The van der Waals surface area contributed by atoms with Crippen LogP contribution in [-0.2, 0) is 16.0 Å². The van der Waals surface area contributed by atoms with Crippen molar-refractivity contribution < 1.29 is 23.9 Å². The van der Waals surface area contributed by atoms with Gasteiger partial charge in [0, 0.05) is 12.5 Å². The van der Waals surface area contributed by atoms with Gasteiger partial charge in [-0.3, -0.25) is 14.5 Å². The van der Waals surface area contributed by atoms with Crippen LogP contribution in [0.3, 0.4) is 0 Å². The van der Waals surface area contributed by atoms with Crippen LogP contribution in [-0.4, -0.2) is 47.7 Å². The zero-order valence-electron chi connectivity index (χ0n) is 17.2. The molecule has 29 heavy (non-hydrogen) atoms. The molecule has 0 aliphatic carbocycles. The lowest BCUT2D eigenvalue weighted by atomic mass is 9.92. The summed E-state index contributed by atoms with van der Waals surface area (Å²) in [5.74, 6) is 0.544. The molecule has 2 heterocycles. The first-order valence-corrected chi connectivity index (χ1v) is 10.1. The van der Waals surface area contributed by atoms with Gasteiger partial charge in [-0.05, 0) is 38.0 Å². The van der Waals surface area contributed by atoms with E-state index in [1.54, 1.807) is 19.1 Å². The van der Waals surface area contributed by atoms with Crippen LogP contribution in [0.2, 0.25) is 0 Å². The highest BCUT2D eigenvalue weighted by molar-refractivity contribution is 6.08. The average molecular weight is 403 g/mol. The number of carbonyl (C=O) groups excluding carboxylic acids is 3. The van der Waals surface area contributed by atoms with E-state index in [-0.39, 0.29) is 25.3 Å². The van der Waals surface area contributed by atoms with Gasteiger partial charge >= 0.3 is 6.03 Å². The van der Waals surface area contributed by atoms with Crippen LogP contribution in [0, 0.1) is 0 Å². The Kier molecular flexibility index (Phi) is 6.30. The van der Waals surface area contributed by atoms with Gasteiger partial charge in [-0.1, -0.05) is 32.3 Å². The molecule has 1 fully saturated rings. The van der Waals surface area contributed by atoms with E-state index >= 15 is 0 Å². The Morgan fingerprint density at radius 1 is 1.28 bits per heavy atom. The molecule has 2 N–H and O–H groups in total. The van der Waals surface area contributed by atoms with Crippen LogP contribution in [0.4, 0.5) is 4.79 Å². The van der Waals surface area contributed by atoms with Gasteiger partial charge in [0.25, 0.3) is 5.91 Å². The van der Waals surface area contributed by atoms with Gasteiger partial charge in [0.05, 0.1) is 0 Å². The second-order valence-corrected chi connectivity index (χ2v) is 7.98. The van der Waals surface area contributed by atoms with Gasteiger partial charge in [0.1, 0.15) is 12.1 Å². The molecule has 1 aromatic carbocycles. The lowest BCUT2D eigenvalue weighted by Crippen LogP contribution is -2.47. The third-order valence-corrected chi connectivity index (χ3v) is 5.29. The van der Waals surface area contributed by atoms with Crippen molar-refractivity contribution in [1.29, 1.82) is 0 Å². The zero-order chi connectivity index (χ0) is 21.0. The number of nitrogens with one attached hydrogen (secondary N) is 2. The Balaban J connectivity index is 1.59. The van der Waals surface area contributed by atoms with Crippen LogP contribution in [0.1, 0.15) is 52.0 Å². The van der Waals surface area contributed by atoms with Crippen LogP contribution in [0.5, 0.6) is 11.5 Å². The Hall–Kier alpha value is -2.77. The van der Waals surface area contributed by atoms with Crippen LogP contribution in [0.15, 0.2) is 18.2 Å². The van der Waals surface area contributed by atoms with Crippen LogP contribution in [0.25, 0.3) is 0 Å². The average Bonchev–Trinajstić information content (AvgIpc) is 3.20. The fraction of sp³-hybridized carbons (Fsp3) is 0.571. The number of carbonyl (C=O) groups is 3. The third-order valence-electron chi connectivity index (χ3n) is 5.29. The maximum absolute atomic E-state index is 12.9. The SMILES string of the molecule is CCCCC[C@H](C)NC(=O)CN1C(=O)N[C@@](C)(Cc2ccc3c(c2)OCO3)C1=O. The molecular formula is C21H29N3O5. The first-order valence-electron chi connectivity index (χ1n) is 10.1. The molecule has 158 valence electrons. The molecule has 4 amide bonds. The van der Waals surface area contributed by atoms with E-state index in [1.165, 1.54) is 0 Å². The molecule has 0 unspecified atom stereocenters. The molecule has 1 saturated heterocycles. The van der Waals surface area contributed by atoms with Gasteiger partial charge in [0.2, 0.25) is 12.7 Å². The highest BCUT2D eigenvalue weighted by Crippen LogP contribution is 2.34. The van der Waals surface area contributed by atoms with E-state index in [9.17, 15) is 14.4 Å². The number of urea groups is 1. The summed E-state index contributed by atoms with van der Waals surface area (Å²) < 4.78 is 10.7. The summed E-state index contributed by atoms with van der Waals surface area (Å²) in [6.07, 6.45) is 4.44. The molecule has 1 aromatic rings. The van der Waals surface area contributed by atoms with Crippen molar-refractivity contribution >= 4 is 17.8 Å². The summed E-state index contributed by atoms with van der Waals surface area (Å²) in [5.41, 5.74) is -0.279. The minimum absolute atomic E-state index is 0.00910. The Morgan fingerprint density at radius 2 is 2.03 bits per heavy atom. The van der Waals surface area contributed by atoms with Gasteiger partial charge in [-0.25, -0.2) is 4.79 Å². The molecule has 2 atom stereocenters. The fourth-order valence-electron chi connectivity index (χ4n) is 3.71. The van der Waals surface area contributed by atoms with Gasteiger partial charge in [-0.15, -0.1) is 0 Å². The number of unbranched alkanes of at least 4 members (excludes halogenated alkanes) is 2. The molecule has 0 aromatic heterocycles. The van der Waals surface area contributed by atoms with Crippen molar-refractivity contribution in [3.05, 3.63) is 23.8 Å². The maximum atomic E-state index is 12.9. The smallest absolute Gasteiger partial charge is 0.325 e.